The van der Waals surface area contributed by atoms with Crippen LogP contribution in [0, 0.1) is 5.82 Å². The summed E-state index contributed by atoms with van der Waals surface area (Å²) in [6.07, 6.45) is 3.35. The molecule has 33 heavy (non-hydrogen) atoms. The molecule has 2 aromatic heterocycles. The molecule has 1 aliphatic rings. The second-order valence-electron chi connectivity index (χ2n) is 8.17. The lowest BCUT2D eigenvalue weighted by molar-refractivity contribution is 0.0787. The van der Waals surface area contributed by atoms with Crippen LogP contribution in [0.4, 0.5) is 10.2 Å². The molecular formula is C25H24FN5O2. The minimum absolute atomic E-state index is 0.0158. The summed E-state index contributed by atoms with van der Waals surface area (Å²) < 4.78 is 22.6. The molecule has 7 nitrogen and oxygen atoms in total. The first-order valence-corrected chi connectivity index (χ1v) is 10.9. The predicted octanol–water partition coefficient (Wildman–Crippen LogP) is 5.05. The molecule has 2 aromatic carbocycles. The van der Waals surface area contributed by atoms with Gasteiger partial charge in [-0.2, -0.15) is 0 Å². The molecule has 1 amide bonds. The third-order valence-electron chi connectivity index (χ3n) is 6.04. The fraction of sp³-hybridized carbons (Fsp3) is 0.240. The van der Waals surface area contributed by atoms with Crippen LogP contribution in [-0.4, -0.2) is 31.9 Å². The van der Waals surface area contributed by atoms with Crippen LogP contribution in [-0.2, 0) is 13.6 Å². The molecule has 1 aliphatic heterocycles. The van der Waals surface area contributed by atoms with E-state index in [2.05, 4.69) is 15.3 Å². The molecule has 1 atom stereocenters. The Morgan fingerprint density at radius 3 is 2.82 bits per heavy atom. The van der Waals surface area contributed by atoms with Gasteiger partial charge in [0.05, 0.1) is 29.9 Å². The van der Waals surface area contributed by atoms with Crippen molar-refractivity contribution in [2.75, 3.05) is 11.9 Å². The van der Waals surface area contributed by atoms with E-state index in [1.807, 2.05) is 37.6 Å². The summed E-state index contributed by atoms with van der Waals surface area (Å²) in [7, 11) is 1.92. The van der Waals surface area contributed by atoms with Crippen LogP contribution in [0.15, 0.2) is 55.0 Å². The average Bonchev–Trinajstić information content (AvgIpc) is 3.35. The van der Waals surface area contributed by atoms with Gasteiger partial charge in [-0.1, -0.05) is 6.07 Å². The van der Waals surface area contributed by atoms with Gasteiger partial charge in [0.25, 0.3) is 5.91 Å². The van der Waals surface area contributed by atoms with Gasteiger partial charge in [0.2, 0.25) is 0 Å². The van der Waals surface area contributed by atoms with Crippen molar-refractivity contribution in [3.63, 3.8) is 0 Å². The van der Waals surface area contributed by atoms with E-state index in [-0.39, 0.29) is 17.7 Å². The highest BCUT2D eigenvalue weighted by Gasteiger charge is 2.29. The Bertz CT molecular complexity index is 1370. The lowest BCUT2D eigenvalue weighted by Crippen LogP contribution is -2.22. The maximum absolute atomic E-state index is 14.9. The van der Waals surface area contributed by atoms with Gasteiger partial charge >= 0.3 is 0 Å². The summed E-state index contributed by atoms with van der Waals surface area (Å²) in [6.45, 7) is 5.05. The topological polar surface area (TPSA) is 72.3 Å². The van der Waals surface area contributed by atoms with Crippen molar-refractivity contribution < 1.29 is 13.9 Å². The number of hydrogen-bond acceptors (Lipinski definition) is 5. The van der Waals surface area contributed by atoms with E-state index in [1.54, 1.807) is 41.7 Å². The van der Waals surface area contributed by atoms with E-state index in [9.17, 15) is 9.18 Å². The van der Waals surface area contributed by atoms with Gasteiger partial charge < -0.3 is 19.5 Å². The zero-order chi connectivity index (χ0) is 23.1. The number of aryl methyl sites for hydroxylation is 1. The maximum atomic E-state index is 14.9. The zero-order valence-corrected chi connectivity index (χ0v) is 18.7. The third kappa shape index (κ3) is 3.77. The number of rotatable bonds is 6. The predicted molar refractivity (Wildman–Crippen MR) is 124 cm³/mol. The van der Waals surface area contributed by atoms with Crippen LogP contribution >= 0.6 is 0 Å². The molecular weight excluding hydrogens is 421 g/mol. The molecule has 0 bridgehead atoms. The fourth-order valence-corrected chi connectivity index (χ4v) is 4.13. The number of ether oxygens (including phenoxy) is 1. The third-order valence-corrected chi connectivity index (χ3v) is 6.04. The van der Waals surface area contributed by atoms with Crippen LogP contribution < -0.4 is 10.1 Å². The van der Waals surface area contributed by atoms with Crippen LogP contribution in [0.5, 0.6) is 11.5 Å². The van der Waals surface area contributed by atoms with E-state index in [0.717, 1.165) is 22.2 Å². The molecule has 0 saturated heterocycles. The van der Waals surface area contributed by atoms with E-state index < -0.39 is 5.82 Å². The Kier molecular flexibility index (Phi) is 5.20. The average molecular weight is 445 g/mol. The minimum Gasteiger partial charge on any atom is -0.454 e. The molecule has 0 fully saturated rings. The Hall–Kier alpha value is -3.94. The number of halogens is 1. The Morgan fingerprint density at radius 2 is 2.03 bits per heavy atom. The van der Waals surface area contributed by atoms with Gasteiger partial charge in [-0.15, -0.1) is 0 Å². The standard InChI is InChI=1S/C25H24FN5O2/c1-4-31-13-19-18(25(31)32)9-10-27-24(19)29-15(2)16-5-8-23(20(26)11-16)33-17-6-7-22-21(12-17)28-14-30(22)3/h5-12,14-15H,4,13H2,1-3H3,(H,27,29)/t15-/m0/s1. The van der Waals surface area contributed by atoms with Crippen molar-refractivity contribution in [2.45, 2.75) is 26.4 Å². The first-order chi connectivity index (χ1) is 15.9. The quantitative estimate of drug-likeness (QED) is 0.450. The van der Waals surface area contributed by atoms with Crippen LogP contribution in [0.25, 0.3) is 11.0 Å². The lowest BCUT2D eigenvalue weighted by atomic mass is 10.1. The van der Waals surface area contributed by atoms with Crippen molar-refractivity contribution >= 4 is 22.8 Å². The first kappa shape index (κ1) is 20.9. The summed E-state index contributed by atoms with van der Waals surface area (Å²) in [5.74, 6) is 0.869. The summed E-state index contributed by atoms with van der Waals surface area (Å²) in [5, 5.41) is 3.33. The number of carbonyl (C=O) groups is 1. The van der Waals surface area contributed by atoms with Gasteiger partial charge in [0.1, 0.15) is 11.6 Å². The number of carbonyl (C=O) groups excluding carboxylic acids is 1. The number of imidazole rings is 1. The smallest absolute Gasteiger partial charge is 0.254 e. The number of nitrogens with one attached hydrogen (secondary N) is 1. The van der Waals surface area contributed by atoms with Crippen LogP contribution in [0.1, 0.15) is 41.4 Å². The number of aromatic nitrogens is 3. The lowest BCUT2D eigenvalue weighted by Gasteiger charge is -2.18. The van der Waals surface area contributed by atoms with Gasteiger partial charge in [-0.05, 0) is 49.7 Å². The molecule has 0 spiro atoms. The van der Waals surface area contributed by atoms with E-state index in [0.29, 0.717) is 30.2 Å². The molecule has 8 heteroatoms. The second kappa shape index (κ2) is 8.20. The molecule has 4 aromatic rings. The number of fused-ring (bicyclic) bond motifs is 2. The number of pyridine rings is 1. The molecule has 0 saturated carbocycles. The van der Waals surface area contributed by atoms with Crippen molar-refractivity contribution in [3.05, 3.63) is 77.5 Å². The Morgan fingerprint density at radius 1 is 1.18 bits per heavy atom. The molecule has 1 N–H and O–H groups in total. The molecule has 0 unspecified atom stereocenters. The molecule has 3 heterocycles. The Labute approximate surface area is 190 Å². The number of nitrogens with zero attached hydrogens (tertiary/aromatic N) is 4. The minimum atomic E-state index is -0.458. The van der Waals surface area contributed by atoms with Gasteiger partial charge in [0.15, 0.2) is 11.6 Å². The number of amides is 1. The highest BCUT2D eigenvalue weighted by molar-refractivity contribution is 5.99. The van der Waals surface area contributed by atoms with E-state index >= 15 is 0 Å². The Balaban J connectivity index is 1.34. The maximum Gasteiger partial charge on any atom is 0.254 e. The monoisotopic (exact) mass is 445 g/mol. The first-order valence-electron chi connectivity index (χ1n) is 10.9. The second-order valence-corrected chi connectivity index (χ2v) is 8.17. The highest BCUT2D eigenvalue weighted by atomic mass is 19.1. The zero-order valence-electron chi connectivity index (χ0n) is 18.7. The summed E-state index contributed by atoms with van der Waals surface area (Å²) >= 11 is 0. The van der Waals surface area contributed by atoms with Gasteiger partial charge in [-0.25, -0.2) is 14.4 Å². The van der Waals surface area contributed by atoms with E-state index in [1.165, 1.54) is 6.07 Å². The van der Waals surface area contributed by atoms with Crippen molar-refractivity contribution in [1.29, 1.82) is 0 Å². The normalized spacial score (nSPS) is 13.9. The van der Waals surface area contributed by atoms with Gasteiger partial charge in [-0.3, -0.25) is 4.79 Å². The van der Waals surface area contributed by atoms with Crippen molar-refractivity contribution in [1.82, 2.24) is 19.4 Å². The highest BCUT2D eigenvalue weighted by Crippen LogP contribution is 2.32. The number of anilines is 1. The van der Waals surface area contributed by atoms with Crippen molar-refractivity contribution in [2.24, 2.45) is 7.05 Å². The molecule has 0 aliphatic carbocycles. The SMILES string of the molecule is CCN1Cc2c(ccnc2N[C@@H](C)c2ccc(Oc3ccc4c(c3)ncn4C)c(F)c2)C1=O. The van der Waals surface area contributed by atoms with E-state index in [4.69, 9.17) is 4.74 Å². The van der Waals surface area contributed by atoms with Crippen LogP contribution in [0.3, 0.4) is 0 Å². The fourth-order valence-electron chi connectivity index (χ4n) is 4.13. The number of benzene rings is 2. The number of hydrogen-bond donors (Lipinski definition) is 1. The largest absolute Gasteiger partial charge is 0.454 e. The summed E-state index contributed by atoms with van der Waals surface area (Å²) in [5.41, 5.74) is 4.05. The van der Waals surface area contributed by atoms with Gasteiger partial charge in [0, 0.05) is 37.0 Å². The van der Waals surface area contributed by atoms with Crippen molar-refractivity contribution in [3.8, 4) is 11.5 Å². The molecule has 0 radical (unpaired) electrons. The molecule has 168 valence electrons. The summed E-state index contributed by atoms with van der Waals surface area (Å²) in [6, 6.07) is 11.9. The molecule has 5 rings (SSSR count). The van der Waals surface area contributed by atoms with Crippen LogP contribution in [0.2, 0.25) is 0 Å². The summed E-state index contributed by atoms with van der Waals surface area (Å²) in [4.78, 5) is 23.0.